The lowest BCUT2D eigenvalue weighted by Crippen LogP contribution is -1.97. The lowest BCUT2D eigenvalue weighted by molar-refractivity contribution is -0.385. The zero-order valence-corrected chi connectivity index (χ0v) is 10.4. The second-order valence-electron chi connectivity index (χ2n) is 3.99. The summed E-state index contributed by atoms with van der Waals surface area (Å²) in [5.74, 6) is 0.396. The van der Waals surface area contributed by atoms with Gasteiger partial charge in [0.1, 0.15) is 17.6 Å². The van der Waals surface area contributed by atoms with Crippen molar-refractivity contribution in [2.24, 2.45) is 0 Å². The summed E-state index contributed by atoms with van der Waals surface area (Å²) in [4.78, 5) is 13.8. The number of ether oxygens (including phenoxy) is 1. The van der Waals surface area contributed by atoms with Crippen molar-refractivity contribution in [3.8, 4) is 23.4 Å². The molecule has 0 unspecified atom stereocenters. The van der Waals surface area contributed by atoms with Gasteiger partial charge >= 0.3 is 5.69 Å². The standard InChI is InChI=1S/C13H9N3O4/c1-8-4-9(17)6-10(5-8)20-13-3-2-12(16(18)19)11(7-14)15-13/h2-6,17H,1H3. The summed E-state index contributed by atoms with van der Waals surface area (Å²) >= 11 is 0. The summed E-state index contributed by atoms with van der Waals surface area (Å²) in [5.41, 5.74) is 0.0683. The Morgan fingerprint density at radius 2 is 2.15 bits per heavy atom. The number of benzene rings is 1. The Morgan fingerprint density at radius 1 is 1.40 bits per heavy atom. The largest absolute Gasteiger partial charge is 0.508 e. The molecule has 1 heterocycles. The normalized spacial score (nSPS) is 9.80. The molecule has 7 nitrogen and oxygen atoms in total. The van der Waals surface area contributed by atoms with Gasteiger partial charge in [0.15, 0.2) is 0 Å². The number of pyridine rings is 1. The average Bonchev–Trinajstić information content (AvgIpc) is 2.37. The highest BCUT2D eigenvalue weighted by molar-refractivity contribution is 5.46. The van der Waals surface area contributed by atoms with Gasteiger partial charge in [-0.25, -0.2) is 0 Å². The molecule has 2 aromatic rings. The van der Waals surface area contributed by atoms with Gasteiger partial charge in [-0.2, -0.15) is 10.2 Å². The Morgan fingerprint density at radius 3 is 2.75 bits per heavy atom. The fourth-order valence-electron chi connectivity index (χ4n) is 1.63. The maximum atomic E-state index is 10.7. The van der Waals surface area contributed by atoms with Gasteiger partial charge in [0, 0.05) is 18.2 Å². The average molecular weight is 271 g/mol. The van der Waals surface area contributed by atoms with Crippen LogP contribution in [0.15, 0.2) is 30.3 Å². The topological polar surface area (TPSA) is 109 Å². The first kappa shape index (κ1) is 13.3. The number of nitro groups is 1. The number of aromatic hydroxyl groups is 1. The van der Waals surface area contributed by atoms with Crippen molar-refractivity contribution in [3.63, 3.8) is 0 Å². The van der Waals surface area contributed by atoms with E-state index in [4.69, 9.17) is 10.00 Å². The molecule has 0 saturated carbocycles. The van der Waals surface area contributed by atoms with Crippen LogP contribution in [0, 0.1) is 28.4 Å². The summed E-state index contributed by atoms with van der Waals surface area (Å²) < 4.78 is 5.37. The van der Waals surface area contributed by atoms with Crippen LogP contribution in [-0.2, 0) is 0 Å². The van der Waals surface area contributed by atoms with Crippen LogP contribution in [0.2, 0.25) is 0 Å². The summed E-state index contributed by atoms with van der Waals surface area (Å²) in [5, 5.41) is 29.0. The fraction of sp³-hybridized carbons (Fsp3) is 0.0769. The van der Waals surface area contributed by atoms with E-state index in [-0.39, 0.29) is 23.0 Å². The van der Waals surface area contributed by atoms with Crippen molar-refractivity contribution in [1.82, 2.24) is 4.98 Å². The molecular weight excluding hydrogens is 262 g/mol. The summed E-state index contributed by atoms with van der Waals surface area (Å²) in [6.45, 7) is 1.77. The molecule has 1 N–H and O–H groups in total. The molecule has 0 aliphatic rings. The molecule has 20 heavy (non-hydrogen) atoms. The van der Waals surface area contributed by atoms with E-state index in [0.29, 0.717) is 5.75 Å². The van der Waals surface area contributed by atoms with Gasteiger partial charge < -0.3 is 9.84 Å². The molecule has 2 rings (SSSR count). The van der Waals surface area contributed by atoms with Gasteiger partial charge in [0.2, 0.25) is 11.6 Å². The predicted octanol–water partition coefficient (Wildman–Crippen LogP) is 2.67. The third-order valence-electron chi connectivity index (χ3n) is 2.41. The minimum atomic E-state index is -0.687. The van der Waals surface area contributed by atoms with Gasteiger partial charge in [-0.15, -0.1) is 0 Å². The number of phenols is 1. The highest BCUT2D eigenvalue weighted by atomic mass is 16.6. The molecule has 7 heteroatoms. The highest BCUT2D eigenvalue weighted by Gasteiger charge is 2.16. The van der Waals surface area contributed by atoms with E-state index in [0.717, 1.165) is 11.6 Å². The SMILES string of the molecule is Cc1cc(O)cc(Oc2ccc([N+](=O)[O-])c(C#N)n2)c1. The van der Waals surface area contributed by atoms with Crippen LogP contribution < -0.4 is 4.74 Å². The van der Waals surface area contributed by atoms with Gasteiger partial charge in [0.05, 0.1) is 4.92 Å². The van der Waals surface area contributed by atoms with Crippen molar-refractivity contribution in [3.05, 3.63) is 51.7 Å². The predicted molar refractivity (Wildman–Crippen MR) is 68.5 cm³/mol. The molecule has 0 radical (unpaired) electrons. The first-order valence-corrected chi connectivity index (χ1v) is 5.53. The van der Waals surface area contributed by atoms with Crippen LogP contribution in [-0.4, -0.2) is 15.0 Å². The minimum absolute atomic E-state index is 0.0300. The van der Waals surface area contributed by atoms with Crippen molar-refractivity contribution in [1.29, 1.82) is 5.26 Å². The first-order chi connectivity index (χ1) is 9.49. The maximum Gasteiger partial charge on any atom is 0.305 e. The molecule has 0 atom stereocenters. The van der Waals surface area contributed by atoms with E-state index in [1.54, 1.807) is 25.1 Å². The molecule has 100 valence electrons. The van der Waals surface area contributed by atoms with Crippen LogP contribution in [0.5, 0.6) is 17.4 Å². The van der Waals surface area contributed by atoms with Gasteiger partial charge in [-0.05, 0) is 24.6 Å². The van der Waals surface area contributed by atoms with E-state index in [2.05, 4.69) is 4.98 Å². The summed E-state index contributed by atoms with van der Waals surface area (Å²) in [7, 11) is 0. The van der Waals surface area contributed by atoms with Gasteiger partial charge in [-0.1, -0.05) is 0 Å². The zero-order valence-electron chi connectivity index (χ0n) is 10.4. The van der Waals surface area contributed by atoms with Crippen LogP contribution in [0.3, 0.4) is 0 Å². The second-order valence-corrected chi connectivity index (χ2v) is 3.99. The number of aromatic nitrogens is 1. The Balaban J connectivity index is 2.35. The number of nitrogens with zero attached hydrogens (tertiary/aromatic N) is 3. The number of hydrogen-bond donors (Lipinski definition) is 1. The van der Waals surface area contributed by atoms with Gasteiger partial charge in [0.25, 0.3) is 0 Å². The Labute approximate surface area is 113 Å². The monoisotopic (exact) mass is 271 g/mol. The molecule has 0 fully saturated rings. The highest BCUT2D eigenvalue weighted by Crippen LogP contribution is 2.27. The number of rotatable bonds is 3. The molecule has 0 amide bonds. The minimum Gasteiger partial charge on any atom is -0.508 e. The first-order valence-electron chi connectivity index (χ1n) is 5.53. The lowest BCUT2D eigenvalue weighted by Gasteiger charge is -2.06. The number of hydrogen-bond acceptors (Lipinski definition) is 6. The molecule has 0 aliphatic heterocycles. The van der Waals surface area contributed by atoms with E-state index < -0.39 is 4.92 Å². The smallest absolute Gasteiger partial charge is 0.305 e. The quantitative estimate of drug-likeness (QED) is 0.678. The summed E-state index contributed by atoms with van der Waals surface area (Å²) in [6, 6.07) is 8.67. The van der Waals surface area contributed by atoms with Crippen LogP contribution in [0.4, 0.5) is 5.69 Å². The Kier molecular flexibility index (Phi) is 3.48. The van der Waals surface area contributed by atoms with Crippen molar-refractivity contribution < 1.29 is 14.8 Å². The third-order valence-corrected chi connectivity index (χ3v) is 2.41. The number of phenolic OH excluding ortho intramolecular Hbond substituents is 1. The van der Waals surface area contributed by atoms with Crippen LogP contribution in [0.1, 0.15) is 11.3 Å². The van der Waals surface area contributed by atoms with Crippen molar-refractivity contribution in [2.45, 2.75) is 6.92 Å². The van der Waals surface area contributed by atoms with E-state index in [9.17, 15) is 15.2 Å². The van der Waals surface area contributed by atoms with E-state index >= 15 is 0 Å². The van der Waals surface area contributed by atoms with Crippen LogP contribution in [0.25, 0.3) is 0 Å². The number of aryl methyl sites for hydroxylation is 1. The molecule has 0 aliphatic carbocycles. The van der Waals surface area contributed by atoms with Gasteiger partial charge in [-0.3, -0.25) is 10.1 Å². The maximum absolute atomic E-state index is 10.7. The molecule has 1 aromatic carbocycles. The third kappa shape index (κ3) is 2.81. The van der Waals surface area contributed by atoms with Crippen molar-refractivity contribution in [2.75, 3.05) is 0 Å². The second kappa shape index (κ2) is 5.24. The van der Waals surface area contributed by atoms with Crippen LogP contribution >= 0.6 is 0 Å². The van der Waals surface area contributed by atoms with Crippen molar-refractivity contribution >= 4 is 5.69 Å². The lowest BCUT2D eigenvalue weighted by atomic mass is 10.2. The van der Waals surface area contributed by atoms with E-state index in [1.807, 2.05) is 0 Å². The zero-order chi connectivity index (χ0) is 14.7. The molecule has 0 saturated heterocycles. The number of nitriles is 1. The fourth-order valence-corrected chi connectivity index (χ4v) is 1.63. The van der Waals surface area contributed by atoms with E-state index in [1.165, 1.54) is 12.1 Å². The Bertz CT molecular complexity index is 702. The molecule has 0 spiro atoms. The molecule has 0 bridgehead atoms. The summed E-state index contributed by atoms with van der Waals surface area (Å²) in [6.07, 6.45) is 0. The Hall–Kier alpha value is -3.14. The molecule has 1 aromatic heterocycles. The molecular formula is C13H9N3O4.